The molecule has 2 heteroatoms. The second-order valence-electron chi connectivity index (χ2n) is 3.66. The Bertz CT molecular complexity index is 259. The molecule has 2 atom stereocenters. The molecule has 68 valence electrons. The molecule has 0 aromatic rings. The molecule has 0 bridgehead atoms. The fraction of sp³-hybridized carbons (Fsp3) is 0.600. The maximum atomic E-state index is 6.37. The second kappa shape index (κ2) is 3.08. The van der Waals surface area contributed by atoms with E-state index in [2.05, 4.69) is 6.92 Å². The Hall–Kier alpha value is 0.0600. The highest BCUT2D eigenvalue weighted by atomic mass is 35.5. The highest BCUT2D eigenvalue weighted by molar-refractivity contribution is 6.33. The summed E-state index contributed by atoms with van der Waals surface area (Å²) >= 11 is 12.4. The van der Waals surface area contributed by atoms with Gasteiger partial charge in [0, 0.05) is 11.0 Å². The smallest absolute Gasteiger partial charge is 0.0690 e. The van der Waals surface area contributed by atoms with Gasteiger partial charge in [0.1, 0.15) is 0 Å². The lowest BCUT2D eigenvalue weighted by Gasteiger charge is -2.35. The summed E-state index contributed by atoms with van der Waals surface area (Å²) in [5.74, 6) is 0.316. The lowest BCUT2D eigenvalue weighted by atomic mass is 9.80. The number of halogens is 2. The summed E-state index contributed by atoms with van der Waals surface area (Å²) in [4.78, 5) is -0.261. The summed E-state index contributed by atoms with van der Waals surface area (Å²) < 4.78 is 0. The van der Waals surface area contributed by atoms with E-state index in [4.69, 9.17) is 23.2 Å². The zero-order valence-electron chi connectivity index (χ0n) is 7.91. The van der Waals surface area contributed by atoms with E-state index >= 15 is 0 Å². The zero-order chi connectivity index (χ0) is 9.52. The van der Waals surface area contributed by atoms with E-state index < -0.39 is 0 Å². The predicted octanol–water partition coefficient (Wildman–Crippen LogP) is 4.09. The molecule has 0 fully saturated rings. The zero-order valence-corrected chi connectivity index (χ0v) is 9.42. The van der Waals surface area contributed by atoms with Crippen LogP contribution in [0.15, 0.2) is 22.3 Å². The summed E-state index contributed by atoms with van der Waals surface area (Å²) in [5.41, 5.74) is 2.33. The fourth-order valence-corrected chi connectivity index (χ4v) is 1.95. The van der Waals surface area contributed by atoms with Crippen LogP contribution >= 0.6 is 23.2 Å². The second-order valence-corrected chi connectivity index (χ2v) is 4.85. The van der Waals surface area contributed by atoms with Crippen molar-refractivity contribution in [2.45, 2.75) is 32.6 Å². The minimum absolute atomic E-state index is 0.261. The Morgan fingerprint density at radius 1 is 1.42 bits per heavy atom. The number of hydrogen-bond donors (Lipinski definition) is 0. The normalized spacial score (nSPS) is 36.8. The van der Waals surface area contributed by atoms with Crippen LogP contribution in [0, 0.1) is 5.92 Å². The van der Waals surface area contributed by atoms with Crippen molar-refractivity contribution in [3.8, 4) is 0 Å². The van der Waals surface area contributed by atoms with Crippen LogP contribution in [0.25, 0.3) is 0 Å². The fourth-order valence-electron chi connectivity index (χ4n) is 1.40. The van der Waals surface area contributed by atoms with Crippen LogP contribution in [-0.2, 0) is 0 Å². The summed E-state index contributed by atoms with van der Waals surface area (Å²) in [7, 11) is 0. The summed E-state index contributed by atoms with van der Waals surface area (Å²) in [5, 5.41) is 0.845. The van der Waals surface area contributed by atoms with E-state index in [1.807, 2.05) is 26.8 Å². The quantitative estimate of drug-likeness (QED) is 0.522. The van der Waals surface area contributed by atoms with Gasteiger partial charge in [-0.05, 0) is 32.4 Å². The molecule has 0 aromatic carbocycles. The number of alkyl halides is 1. The van der Waals surface area contributed by atoms with Gasteiger partial charge in [0.25, 0.3) is 0 Å². The average molecular weight is 205 g/mol. The third kappa shape index (κ3) is 1.43. The SMILES string of the molecule is CC1=CC(Cl)=C(C)C(C)C1(C)Cl. The van der Waals surface area contributed by atoms with Gasteiger partial charge in [-0.1, -0.05) is 24.1 Å². The van der Waals surface area contributed by atoms with Crippen molar-refractivity contribution in [2.24, 2.45) is 5.92 Å². The molecule has 1 rings (SSSR count). The average Bonchev–Trinajstić information content (AvgIpc) is 1.99. The first-order valence-corrected chi connectivity index (χ1v) is 4.87. The molecular weight excluding hydrogens is 191 g/mol. The number of hydrogen-bond acceptors (Lipinski definition) is 0. The molecular formula is C10H14Cl2. The first kappa shape index (κ1) is 10.1. The minimum Gasteiger partial charge on any atom is -0.114 e. The first-order chi connectivity index (χ1) is 5.37. The lowest BCUT2D eigenvalue weighted by molar-refractivity contribution is 0.530. The van der Waals surface area contributed by atoms with Crippen LogP contribution in [0.1, 0.15) is 27.7 Å². The predicted molar refractivity (Wildman–Crippen MR) is 55.7 cm³/mol. The van der Waals surface area contributed by atoms with Gasteiger partial charge in [-0.15, -0.1) is 11.6 Å². The summed E-state index contributed by atoms with van der Waals surface area (Å²) in [6.45, 7) is 8.22. The first-order valence-electron chi connectivity index (χ1n) is 4.11. The van der Waals surface area contributed by atoms with Crippen molar-refractivity contribution in [3.05, 3.63) is 22.3 Å². The molecule has 0 spiro atoms. The standard InChI is InChI=1S/C10H14Cl2/c1-6-5-9(11)7(2)8(3)10(6,4)12/h5,8H,1-4H3. The van der Waals surface area contributed by atoms with E-state index in [-0.39, 0.29) is 4.87 Å². The minimum atomic E-state index is -0.261. The van der Waals surface area contributed by atoms with Crippen molar-refractivity contribution in [3.63, 3.8) is 0 Å². The van der Waals surface area contributed by atoms with Crippen LogP contribution < -0.4 is 0 Å². The molecule has 1 aliphatic carbocycles. The highest BCUT2D eigenvalue weighted by Gasteiger charge is 2.35. The topological polar surface area (TPSA) is 0 Å². The Kier molecular flexibility index (Phi) is 2.60. The Morgan fingerprint density at radius 3 is 2.42 bits per heavy atom. The van der Waals surface area contributed by atoms with Crippen LogP contribution in [0.4, 0.5) is 0 Å². The van der Waals surface area contributed by atoms with Gasteiger partial charge in [-0.25, -0.2) is 0 Å². The van der Waals surface area contributed by atoms with E-state index in [0.717, 1.165) is 10.6 Å². The third-order valence-electron chi connectivity index (χ3n) is 2.95. The van der Waals surface area contributed by atoms with Crippen molar-refractivity contribution >= 4 is 23.2 Å². The largest absolute Gasteiger partial charge is 0.114 e. The van der Waals surface area contributed by atoms with Crippen molar-refractivity contribution in [1.82, 2.24) is 0 Å². The van der Waals surface area contributed by atoms with Crippen molar-refractivity contribution < 1.29 is 0 Å². The Balaban J connectivity index is 3.16. The van der Waals surface area contributed by atoms with Crippen LogP contribution in [-0.4, -0.2) is 4.87 Å². The van der Waals surface area contributed by atoms with Gasteiger partial charge in [0.2, 0.25) is 0 Å². The van der Waals surface area contributed by atoms with Gasteiger partial charge < -0.3 is 0 Å². The molecule has 0 heterocycles. The molecule has 0 saturated heterocycles. The highest BCUT2D eigenvalue weighted by Crippen LogP contribution is 2.42. The monoisotopic (exact) mass is 204 g/mol. The van der Waals surface area contributed by atoms with Crippen molar-refractivity contribution in [2.75, 3.05) is 0 Å². The van der Waals surface area contributed by atoms with Crippen molar-refractivity contribution in [1.29, 1.82) is 0 Å². The molecule has 0 aromatic heterocycles. The maximum Gasteiger partial charge on any atom is 0.0690 e. The molecule has 2 unspecified atom stereocenters. The van der Waals surface area contributed by atoms with E-state index in [1.165, 1.54) is 5.57 Å². The maximum absolute atomic E-state index is 6.37. The third-order valence-corrected chi connectivity index (χ3v) is 3.99. The van der Waals surface area contributed by atoms with E-state index in [9.17, 15) is 0 Å². The Labute approximate surface area is 84.2 Å². The number of rotatable bonds is 0. The molecule has 0 N–H and O–H groups in total. The molecule has 0 amide bonds. The Morgan fingerprint density at radius 2 is 1.92 bits per heavy atom. The van der Waals surface area contributed by atoms with Crippen LogP contribution in [0.3, 0.4) is 0 Å². The lowest BCUT2D eigenvalue weighted by Crippen LogP contribution is -2.31. The summed E-state index contributed by atoms with van der Waals surface area (Å²) in [6, 6.07) is 0. The molecule has 12 heavy (non-hydrogen) atoms. The van der Waals surface area contributed by atoms with Gasteiger partial charge in [-0.2, -0.15) is 0 Å². The van der Waals surface area contributed by atoms with E-state index in [1.54, 1.807) is 0 Å². The molecule has 0 aliphatic heterocycles. The molecule has 0 saturated carbocycles. The molecule has 0 radical (unpaired) electrons. The molecule has 0 nitrogen and oxygen atoms in total. The summed E-state index contributed by atoms with van der Waals surface area (Å²) in [6.07, 6.45) is 1.96. The van der Waals surface area contributed by atoms with E-state index in [0.29, 0.717) is 5.92 Å². The molecule has 1 aliphatic rings. The van der Waals surface area contributed by atoms with Gasteiger partial charge in [-0.3, -0.25) is 0 Å². The van der Waals surface area contributed by atoms with Crippen LogP contribution in [0.5, 0.6) is 0 Å². The van der Waals surface area contributed by atoms with Gasteiger partial charge in [0.05, 0.1) is 4.87 Å². The number of allylic oxidation sites excluding steroid dienone is 4. The van der Waals surface area contributed by atoms with Gasteiger partial charge in [0.15, 0.2) is 0 Å². The van der Waals surface area contributed by atoms with Crippen LogP contribution in [0.2, 0.25) is 0 Å². The van der Waals surface area contributed by atoms with Gasteiger partial charge >= 0.3 is 0 Å².